The van der Waals surface area contributed by atoms with Crippen molar-refractivity contribution in [2.75, 3.05) is 58.5 Å². The second kappa shape index (κ2) is 10.4. The van der Waals surface area contributed by atoms with Gasteiger partial charge in [-0.2, -0.15) is 0 Å². The van der Waals surface area contributed by atoms with Crippen molar-refractivity contribution in [3.63, 3.8) is 0 Å². The van der Waals surface area contributed by atoms with Gasteiger partial charge in [0.25, 0.3) is 5.91 Å². The smallest absolute Gasteiger partial charge is 0.263 e. The maximum atomic E-state index is 14.3. The molecule has 1 fully saturated rings. The molecule has 0 aliphatic carbocycles. The molecule has 1 aromatic heterocycles. The topological polar surface area (TPSA) is 64.1 Å². The summed E-state index contributed by atoms with van der Waals surface area (Å²) in [5.74, 6) is -1.06. The van der Waals surface area contributed by atoms with Crippen molar-refractivity contribution in [1.29, 1.82) is 0 Å². The van der Waals surface area contributed by atoms with Gasteiger partial charge in [-0.3, -0.25) is 14.6 Å². The maximum Gasteiger partial charge on any atom is 0.263 e. The number of methoxy groups -OCH3 is 2. The normalized spacial score (nSPS) is 14.4. The van der Waals surface area contributed by atoms with Crippen molar-refractivity contribution in [2.24, 2.45) is 0 Å². The highest BCUT2D eigenvalue weighted by Crippen LogP contribution is 2.35. The van der Waals surface area contributed by atoms with Crippen LogP contribution >= 0.6 is 11.3 Å². The van der Waals surface area contributed by atoms with Gasteiger partial charge in [0, 0.05) is 32.2 Å². The van der Waals surface area contributed by atoms with Crippen molar-refractivity contribution in [1.82, 2.24) is 9.88 Å². The predicted molar refractivity (Wildman–Crippen MR) is 123 cm³/mol. The predicted octanol–water partition coefficient (Wildman–Crippen LogP) is 3.96. The zero-order valence-corrected chi connectivity index (χ0v) is 19.3. The SMILES string of the molecule is COc1cccc(C(=O)N(CCCN2CCOCC2)c2nc3c(F)cc(F)cc3s2)c1OC. The second-order valence-corrected chi connectivity index (χ2v) is 8.55. The van der Waals surface area contributed by atoms with E-state index in [1.165, 1.54) is 25.2 Å². The van der Waals surface area contributed by atoms with Crippen LogP contribution < -0.4 is 14.4 Å². The molecule has 0 atom stereocenters. The zero-order valence-electron chi connectivity index (χ0n) is 18.5. The number of halogens is 2. The summed E-state index contributed by atoms with van der Waals surface area (Å²) < 4.78 is 44.5. The fourth-order valence-electron chi connectivity index (χ4n) is 3.82. The number of hydrogen-bond acceptors (Lipinski definition) is 7. The van der Waals surface area contributed by atoms with Crippen LogP contribution in [0.4, 0.5) is 13.9 Å². The average Bonchev–Trinajstić information content (AvgIpc) is 3.25. The lowest BCUT2D eigenvalue weighted by atomic mass is 10.1. The lowest BCUT2D eigenvalue weighted by molar-refractivity contribution is 0.0376. The Labute approximate surface area is 194 Å². The zero-order chi connectivity index (χ0) is 23.4. The van der Waals surface area contributed by atoms with Gasteiger partial charge in [-0.25, -0.2) is 13.8 Å². The van der Waals surface area contributed by atoms with Gasteiger partial charge in [0.1, 0.15) is 11.3 Å². The van der Waals surface area contributed by atoms with Crippen LogP contribution in [0.5, 0.6) is 11.5 Å². The number of hydrogen-bond donors (Lipinski definition) is 0. The van der Waals surface area contributed by atoms with Crippen molar-refractivity contribution in [3.8, 4) is 11.5 Å². The highest BCUT2D eigenvalue weighted by molar-refractivity contribution is 7.22. The van der Waals surface area contributed by atoms with E-state index in [9.17, 15) is 13.6 Å². The molecule has 0 bridgehead atoms. The third-order valence-electron chi connectivity index (χ3n) is 5.47. The Bertz CT molecular complexity index is 1130. The van der Waals surface area contributed by atoms with E-state index >= 15 is 0 Å². The summed E-state index contributed by atoms with van der Waals surface area (Å²) in [5, 5.41) is 0.298. The molecule has 0 spiro atoms. The molecular formula is C23H25F2N3O4S. The van der Waals surface area contributed by atoms with E-state index in [0.29, 0.717) is 53.1 Å². The maximum absolute atomic E-state index is 14.3. The van der Waals surface area contributed by atoms with Gasteiger partial charge < -0.3 is 14.2 Å². The molecule has 0 radical (unpaired) electrons. The minimum atomic E-state index is -0.757. The number of benzene rings is 2. The fourth-order valence-corrected chi connectivity index (χ4v) is 4.85. The van der Waals surface area contributed by atoms with Crippen LogP contribution in [0, 0.1) is 11.6 Å². The average molecular weight is 478 g/mol. The number of thiazole rings is 1. The Morgan fingerprint density at radius 3 is 2.73 bits per heavy atom. The summed E-state index contributed by atoms with van der Waals surface area (Å²) >= 11 is 1.07. The Balaban J connectivity index is 1.67. The number of amides is 1. The van der Waals surface area contributed by atoms with Crippen LogP contribution in [0.2, 0.25) is 0 Å². The van der Waals surface area contributed by atoms with Gasteiger partial charge in [0.05, 0.1) is 37.7 Å². The lowest BCUT2D eigenvalue weighted by Gasteiger charge is -2.28. The number of anilines is 1. The first-order chi connectivity index (χ1) is 16.0. The second-order valence-electron chi connectivity index (χ2n) is 7.54. The Kier molecular flexibility index (Phi) is 7.36. The first-order valence-electron chi connectivity index (χ1n) is 10.6. The van der Waals surface area contributed by atoms with Crippen molar-refractivity contribution < 1.29 is 27.8 Å². The van der Waals surface area contributed by atoms with E-state index in [1.807, 2.05) is 0 Å². The molecule has 4 rings (SSSR count). The Morgan fingerprint density at radius 2 is 2.00 bits per heavy atom. The van der Waals surface area contributed by atoms with Crippen LogP contribution in [0.15, 0.2) is 30.3 Å². The van der Waals surface area contributed by atoms with E-state index in [2.05, 4.69) is 9.88 Å². The lowest BCUT2D eigenvalue weighted by Crippen LogP contribution is -2.39. The largest absolute Gasteiger partial charge is 0.493 e. The quantitative estimate of drug-likeness (QED) is 0.490. The molecule has 0 saturated carbocycles. The number of nitrogens with zero attached hydrogens (tertiary/aromatic N) is 3. The van der Waals surface area contributed by atoms with Crippen LogP contribution in [0.3, 0.4) is 0 Å². The first kappa shape index (κ1) is 23.3. The molecule has 0 N–H and O–H groups in total. The summed E-state index contributed by atoms with van der Waals surface area (Å²) in [5.41, 5.74) is 0.342. The van der Waals surface area contributed by atoms with E-state index in [4.69, 9.17) is 14.2 Å². The minimum Gasteiger partial charge on any atom is -0.493 e. The molecule has 2 heterocycles. The molecule has 10 heteroatoms. The van der Waals surface area contributed by atoms with Crippen LogP contribution in [-0.2, 0) is 4.74 Å². The molecule has 3 aromatic rings. The fraction of sp³-hybridized carbons (Fsp3) is 0.391. The van der Waals surface area contributed by atoms with Crippen molar-refractivity contribution >= 4 is 32.6 Å². The molecule has 7 nitrogen and oxygen atoms in total. The van der Waals surface area contributed by atoms with Crippen LogP contribution in [-0.4, -0.2) is 69.4 Å². The summed E-state index contributed by atoms with van der Waals surface area (Å²) in [7, 11) is 2.96. The highest BCUT2D eigenvalue weighted by Gasteiger charge is 2.26. The van der Waals surface area contributed by atoms with Crippen molar-refractivity contribution in [3.05, 3.63) is 47.5 Å². The van der Waals surface area contributed by atoms with Gasteiger partial charge >= 0.3 is 0 Å². The van der Waals surface area contributed by atoms with E-state index < -0.39 is 11.6 Å². The van der Waals surface area contributed by atoms with Crippen LogP contribution in [0.25, 0.3) is 10.2 Å². The Morgan fingerprint density at radius 1 is 1.21 bits per heavy atom. The first-order valence-corrected chi connectivity index (χ1v) is 11.4. The summed E-state index contributed by atoms with van der Waals surface area (Å²) in [6.45, 7) is 4.17. The summed E-state index contributed by atoms with van der Waals surface area (Å²) in [6.07, 6.45) is 0.671. The van der Waals surface area contributed by atoms with Gasteiger partial charge in [-0.1, -0.05) is 17.4 Å². The van der Waals surface area contributed by atoms with E-state index in [0.717, 1.165) is 37.0 Å². The minimum absolute atomic E-state index is 0.0417. The van der Waals surface area contributed by atoms with Crippen LogP contribution in [0.1, 0.15) is 16.8 Å². The molecule has 33 heavy (non-hydrogen) atoms. The monoisotopic (exact) mass is 477 g/mol. The molecule has 0 unspecified atom stereocenters. The third kappa shape index (κ3) is 5.07. The molecule has 2 aromatic carbocycles. The summed E-state index contributed by atoms with van der Waals surface area (Å²) in [6, 6.07) is 7.07. The number of para-hydroxylation sites is 1. The molecule has 1 aliphatic heterocycles. The number of carbonyl (C=O) groups is 1. The number of morpholine rings is 1. The third-order valence-corrected chi connectivity index (χ3v) is 6.50. The summed E-state index contributed by atoms with van der Waals surface area (Å²) in [4.78, 5) is 21.8. The highest BCUT2D eigenvalue weighted by atomic mass is 32.1. The molecule has 176 valence electrons. The van der Waals surface area contributed by atoms with E-state index in [1.54, 1.807) is 18.2 Å². The van der Waals surface area contributed by atoms with Gasteiger partial charge in [-0.15, -0.1) is 0 Å². The van der Waals surface area contributed by atoms with E-state index in [-0.39, 0.29) is 11.4 Å². The molecule has 1 aliphatic rings. The molecular weight excluding hydrogens is 452 g/mol. The number of fused-ring (bicyclic) bond motifs is 1. The standard InChI is InChI=1S/C23H25F2N3O4S/c1-30-18-6-3-5-16(21(18)31-2)22(29)28(8-4-7-27-9-11-32-12-10-27)23-26-20-17(25)13-15(24)14-19(20)33-23/h3,5-6,13-14H,4,7-12H2,1-2H3. The molecule has 1 amide bonds. The number of carbonyl (C=O) groups excluding carboxylic acids is 1. The number of rotatable bonds is 8. The number of aromatic nitrogens is 1. The van der Waals surface area contributed by atoms with Gasteiger partial charge in [-0.05, 0) is 24.6 Å². The van der Waals surface area contributed by atoms with Gasteiger partial charge in [0.2, 0.25) is 0 Å². The Hall–Kier alpha value is -2.82. The van der Waals surface area contributed by atoms with Crippen molar-refractivity contribution in [2.45, 2.75) is 6.42 Å². The number of ether oxygens (including phenoxy) is 3. The molecule has 1 saturated heterocycles. The van der Waals surface area contributed by atoms with Gasteiger partial charge in [0.15, 0.2) is 22.4 Å².